The van der Waals surface area contributed by atoms with Crippen LogP contribution in [0.15, 0.2) is 59.1 Å². The van der Waals surface area contributed by atoms with Gasteiger partial charge in [-0.15, -0.1) is 0 Å². The number of carbonyl (C=O) groups is 1. The molecule has 1 aromatic heterocycles. The summed E-state index contributed by atoms with van der Waals surface area (Å²) in [6, 6.07) is 18.2. The Morgan fingerprint density at radius 2 is 1.50 bits per heavy atom. The van der Waals surface area contributed by atoms with Crippen molar-refractivity contribution >= 4 is 5.91 Å². The van der Waals surface area contributed by atoms with E-state index in [0.717, 1.165) is 30.2 Å². The van der Waals surface area contributed by atoms with Crippen LogP contribution >= 0.6 is 0 Å². The van der Waals surface area contributed by atoms with E-state index in [1.54, 1.807) is 0 Å². The van der Waals surface area contributed by atoms with Crippen molar-refractivity contribution in [1.82, 2.24) is 19.9 Å². The molecule has 1 amide bonds. The van der Waals surface area contributed by atoms with Gasteiger partial charge >= 0.3 is 0 Å². The largest absolute Gasteiger partial charge is 0.339 e. The zero-order chi connectivity index (χ0) is 22.2. The van der Waals surface area contributed by atoms with Crippen LogP contribution in [0.4, 0.5) is 0 Å². The van der Waals surface area contributed by atoms with E-state index < -0.39 is 0 Å². The Kier molecular flexibility index (Phi) is 5.55. The van der Waals surface area contributed by atoms with Gasteiger partial charge in [-0.05, 0) is 63.7 Å². The Balaban J connectivity index is 1.34. The molecule has 2 unspecified atom stereocenters. The van der Waals surface area contributed by atoms with Gasteiger partial charge in [0.1, 0.15) is 0 Å². The number of rotatable bonds is 5. The van der Waals surface area contributed by atoms with Gasteiger partial charge < -0.3 is 14.3 Å². The number of hydrogen-bond acceptors (Lipinski definition) is 5. The average molecular weight is 431 g/mol. The van der Waals surface area contributed by atoms with Crippen LogP contribution in [-0.4, -0.2) is 59.1 Å². The van der Waals surface area contributed by atoms with Gasteiger partial charge in [0, 0.05) is 24.7 Å². The Hall–Kier alpha value is -2.99. The van der Waals surface area contributed by atoms with E-state index in [4.69, 9.17) is 4.52 Å². The highest BCUT2D eigenvalue weighted by atomic mass is 16.5. The monoisotopic (exact) mass is 430 g/mol. The summed E-state index contributed by atoms with van der Waals surface area (Å²) in [7, 11) is 6.30. The molecule has 1 heterocycles. The molecule has 0 N–H and O–H groups in total. The summed E-state index contributed by atoms with van der Waals surface area (Å²) in [4.78, 5) is 22.4. The third-order valence-corrected chi connectivity index (χ3v) is 7.41. The first-order chi connectivity index (χ1) is 15.5. The highest BCUT2D eigenvalue weighted by molar-refractivity contribution is 6.00. The first-order valence-corrected chi connectivity index (χ1v) is 11.4. The van der Waals surface area contributed by atoms with Crippen molar-refractivity contribution < 1.29 is 9.32 Å². The van der Waals surface area contributed by atoms with E-state index in [-0.39, 0.29) is 11.9 Å². The molecule has 0 bridgehead atoms. The van der Waals surface area contributed by atoms with Gasteiger partial charge in [-0.1, -0.05) is 47.6 Å². The number of carbonyl (C=O) groups excluding carboxylic acids is 1. The average Bonchev–Trinajstić information content (AvgIpc) is 3.54. The van der Waals surface area contributed by atoms with Gasteiger partial charge in [0.2, 0.25) is 5.82 Å². The van der Waals surface area contributed by atoms with Gasteiger partial charge in [0.05, 0.1) is 11.1 Å². The standard InChI is InChI=1S/C26H30N4O2/c1-29(2)20-13-18-15-21(16-19(18)14-20)30(3)26(31)23-12-8-7-11-22(23)25-27-24(28-32-25)17-9-5-4-6-10-17/h4-12,18-21H,13-16H2,1-3H3/t18-,19+,20?,21?. The van der Waals surface area contributed by atoms with Crippen LogP contribution in [0.1, 0.15) is 36.0 Å². The Labute approximate surface area is 189 Å². The Morgan fingerprint density at radius 3 is 2.19 bits per heavy atom. The second-order valence-electron chi connectivity index (χ2n) is 9.49. The van der Waals surface area contributed by atoms with Crippen molar-refractivity contribution in [3.05, 3.63) is 60.2 Å². The molecule has 0 aliphatic heterocycles. The maximum atomic E-state index is 13.5. The van der Waals surface area contributed by atoms with Crippen LogP contribution in [0.2, 0.25) is 0 Å². The topological polar surface area (TPSA) is 62.5 Å². The summed E-state index contributed by atoms with van der Waals surface area (Å²) in [5, 5.41) is 4.13. The second-order valence-corrected chi connectivity index (χ2v) is 9.49. The van der Waals surface area contributed by atoms with Crippen LogP contribution in [-0.2, 0) is 0 Å². The zero-order valence-electron chi connectivity index (χ0n) is 18.9. The third kappa shape index (κ3) is 3.84. The molecule has 3 aromatic rings. The zero-order valence-corrected chi connectivity index (χ0v) is 18.9. The Bertz CT molecular complexity index is 1080. The fourth-order valence-electron chi connectivity index (χ4n) is 5.54. The minimum absolute atomic E-state index is 0.0224. The molecule has 32 heavy (non-hydrogen) atoms. The minimum Gasteiger partial charge on any atom is -0.339 e. The summed E-state index contributed by atoms with van der Waals surface area (Å²) >= 11 is 0. The molecule has 2 fully saturated rings. The lowest BCUT2D eigenvalue weighted by Gasteiger charge is -2.27. The van der Waals surface area contributed by atoms with Gasteiger partial charge in [-0.3, -0.25) is 4.79 Å². The summed E-state index contributed by atoms with van der Waals surface area (Å²) in [5.74, 6) is 2.37. The second kappa shape index (κ2) is 8.51. The van der Waals surface area contributed by atoms with Crippen LogP contribution in [0.3, 0.4) is 0 Å². The van der Waals surface area contributed by atoms with Gasteiger partial charge in [-0.25, -0.2) is 0 Å². The van der Waals surface area contributed by atoms with E-state index >= 15 is 0 Å². The Morgan fingerprint density at radius 1 is 0.875 bits per heavy atom. The fraction of sp³-hybridized carbons (Fsp3) is 0.423. The van der Waals surface area contributed by atoms with Crippen molar-refractivity contribution in [2.45, 2.75) is 37.8 Å². The SMILES string of the molecule is CN(C)C1C[C@@H]2CC(N(C)C(=O)c3ccccc3-c3nc(-c4ccccc4)no3)C[C@@H]2C1. The first kappa shape index (κ1) is 20.9. The fourth-order valence-corrected chi connectivity index (χ4v) is 5.54. The molecule has 0 radical (unpaired) electrons. The summed E-state index contributed by atoms with van der Waals surface area (Å²) in [5.41, 5.74) is 2.18. The molecule has 2 aliphatic rings. The quantitative estimate of drug-likeness (QED) is 0.592. The third-order valence-electron chi connectivity index (χ3n) is 7.41. The molecule has 5 rings (SSSR count). The minimum atomic E-state index is 0.0224. The van der Waals surface area contributed by atoms with E-state index in [0.29, 0.717) is 28.9 Å². The number of nitrogens with zero attached hydrogens (tertiary/aromatic N) is 4. The first-order valence-electron chi connectivity index (χ1n) is 11.4. The number of benzene rings is 2. The normalized spacial score (nSPS) is 24.6. The van der Waals surface area contributed by atoms with Crippen molar-refractivity contribution in [3.8, 4) is 22.8 Å². The number of aromatic nitrogens is 2. The van der Waals surface area contributed by atoms with E-state index in [2.05, 4.69) is 29.1 Å². The lowest BCUT2D eigenvalue weighted by molar-refractivity contribution is 0.0726. The molecule has 6 nitrogen and oxygen atoms in total. The van der Waals surface area contributed by atoms with Crippen LogP contribution < -0.4 is 0 Å². The van der Waals surface area contributed by atoms with Gasteiger partial charge in [-0.2, -0.15) is 4.98 Å². The molecular formula is C26H30N4O2. The molecular weight excluding hydrogens is 400 g/mol. The molecule has 0 saturated heterocycles. The van der Waals surface area contributed by atoms with Crippen LogP contribution in [0, 0.1) is 11.8 Å². The highest BCUT2D eigenvalue weighted by Gasteiger charge is 2.44. The smallest absolute Gasteiger partial charge is 0.259 e. The lowest BCUT2D eigenvalue weighted by atomic mass is 10.0. The van der Waals surface area contributed by atoms with Crippen molar-refractivity contribution in [2.24, 2.45) is 11.8 Å². The number of fused-ring (bicyclic) bond motifs is 1. The number of amides is 1. The van der Waals surface area contributed by atoms with E-state index in [9.17, 15) is 4.79 Å². The van der Waals surface area contributed by atoms with Gasteiger partial charge in [0.25, 0.3) is 11.8 Å². The maximum absolute atomic E-state index is 13.5. The lowest BCUT2D eigenvalue weighted by Crippen LogP contribution is -2.36. The summed E-state index contributed by atoms with van der Waals surface area (Å²) < 4.78 is 5.56. The molecule has 2 aromatic carbocycles. The van der Waals surface area contributed by atoms with Crippen LogP contribution in [0.5, 0.6) is 0 Å². The summed E-state index contributed by atoms with van der Waals surface area (Å²) in [6.45, 7) is 0. The van der Waals surface area contributed by atoms with E-state index in [1.165, 1.54) is 12.8 Å². The van der Waals surface area contributed by atoms with Crippen molar-refractivity contribution in [2.75, 3.05) is 21.1 Å². The molecule has 6 heteroatoms. The highest BCUT2D eigenvalue weighted by Crippen LogP contribution is 2.46. The molecule has 4 atom stereocenters. The summed E-state index contributed by atoms with van der Waals surface area (Å²) in [6.07, 6.45) is 4.68. The molecule has 166 valence electrons. The van der Waals surface area contributed by atoms with Crippen molar-refractivity contribution in [1.29, 1.82) is 0 Å². The molecule has 2 saturated carbocycles. The van der Waals surface area contributed by atoms with Crippen molar-refractivity contribution in [3.63, 3.8) is 0 Å². The van der Waals surface area contributed by atoms with Crippen LogP contribution in [0.25, 0.3) is 22.8 Å². The molecule has 0 spiro atoms. The predicted octanol–water partition coefficient (Wildman–Crippen LogP) is 4.59. The molecule has 2 aliphatic carbocycles. The maximum Gasteiger partial charge on any atom is 0.259 e. The predicted molar refractivity (Wildman–Crippen MR) is 124 cm³/mol. The van der Waals surface area contributed by atoms with E-state index in [1.807, 2.05) is 66.5 Å². The van der Waals surface area contributed by atoms with Gasteiger partial charge in [0.15, 0.2) is 0 Å². The number of hydrogen-bond donors (Lipinski definition) is 0.